The number of nitrogens with zero attached hydrogens (tertiary/aromatic N) is 1. The first-order chi connectivity index (χ1) is 11.1. The van der Waals surface area contributed by atoms with Crippen LogP contribution < -0.4 is 29.6 Å². The van der Waals surface area contributed by atoms with E-state index in [2.05, 4.69) is 6.92 Å². The molecule has 1 atom stereocenters. The molecule has 0 aromatic heterocycles. The molecule has 0 aromatic rings. The molecule has 4 heteroatoms. The Morgan fingerprint density at radius 2 is 1.12 bits per heavy atom. The van der Waals surface area contributed by atoms with Gasteiger partial charge in [-0.1, -0.05) is 96.8 Å². The number of rotatable bonds is 17. The third kappa shape index (κ3) is 17.3. The maximum Gasteiger partial charge on any atom is 1.00 e. The second-order valence-electron chi connectivity index (χ2n) is 7.20. The molecule has 3 nitrogen and oxygen atoms in total. The van der Waals surface area contributed by atoms with E-state index in [1.54, 1.807) is 0 Å². The van der Waals surface area contributed by atoms with Gasteiger partial charge in [0.25, 0.3) is 0 Å². The summed E-state index contributed by atoms with van der Waals surface area (Å²) in [6.07, 6.45) is 19.6. The first-order valence-electron chi connectivity index (χ1n) is 9.98. The SMILES string of the molecule is CCCCCCCCCCCCCCCCC(C(=O)O)N(C)C.[H-].[Na+]. The van der Waals surface area contributed by atoms with Gasteiger partial charge in [0, 0.05) is 0 Å². The number of carbonyl (C=O) groups is 1. The van der Waals surface area contributed by atoms with Gasteiger partial charge < -0.3 is 6.53 Å². The Morgan fingerprint density at radius 1 is 0.792 bits per heavy atom. The van der Waals surface area contributed by atoms with Gasteiger partial charge in [-0.05, 0) is 20.5 Å². The summed E-state index contributed by atoms with van der Waals surface area (Å²) >= 11 is 0. The zero-order valence-electron chi connectivity index (χ0n) is 18.0. The van der Waals surface area contributed by atoms with Crippen LogP contribution in [0.1, 0.15) is 105 Å². The number of hydrogen-bond acceptors (Lipinski definition) is 2. The van der Waals surface area contributed by atoms with E-state index in [0.717, 1.165) is 12.8 Å². The van der Waals surface area contributed by atoms with E-state index < -0.39 is 5.97 Å². The molecule has 1 N–H and O–H groups in total. The van der Waals surface area contributed by atoms with Crippen molar-refractivity contribution in [2.24, 2.45) is 0 Å². The molecule has 0 aliphatic heterocycles. The van der Waals surface area contributed by atoms with Crippen molar-refractivity contribution in [2.75, 3.05) is 14.1 Å². The molecular formula is C20H42NNaO2. The Kier molecular flexibility index (Phi) is 21.9. The number of carboxylic acid groups (broad SMARTS) is 1. The summed E-state index contributed by atoms with van der Waals surface area (Å²) in [6, 6.07) is -0.313. The predicted molar refractivity (Wildman–Crippen MR) is 101 cm³/mol. The topological polar surface area (TPSA) is 40.5 Å². The van der Waals surface area contributed by atoms with Crippen LogP contribution in [0.25, 0.3) is 0 Å². The minimum absolute atomic E-state index is 0. The summed E-state index contributed by atoms with van der Waals surface area (Å²) in [6.45, 7) is 2.27. The number of carboxylic acids is 1. The molecule has 0 saturated heterocycles. The summed E-state index contributed by atoms with van der Waals surface area (Å²) in [4.78, 5) is 12.9. The van der Waals surface area contributed by atoms with Gasteiger partial charge >= 0.3 is 35.5 Å². The van der Waals surface area contributed by atoms with Gasteiger partial charge in [-0.15, -0.1) is 0 Å². The van der Waals surface area contributed by atoms with Crippen LogP contribution in [-0.2, 0) is 4.79 Å². The minimum atomic E-state index is -0.690. The van der Waals surface area contributed by atoms with E-state index in [9.17, 15) is 4.79 Å². The standard InChI is InChI=1S/C20H41NO2.Na.H/c1-4-5-6-7-8-9-10-11-12-13-14-15-16-17-18-19(20(22)23)21(2)3;;/h19H,4-18H2,1-3H3,(H,22,23);;/q;+1;-1. The summed E-state index contributed by atoms with van der Waals surface area (Å²) in [5, 5.41) is 9.11. The minimum Gasteiger partial charge on any atom is -1.00 e. The molecule has 0 aromatic carbocycles. The Balaban J connectivity index is -0.00000242. The summed E-state index contributed by atoms with van der Waals surface area (Å²) in [5.74, 6) is -0.690. The fourth-order valence-corrected chi connectivity index (χ4v) is 3.13. The van der Waals surface area contributed by atoms with Crippen molar-refractivity contribution in [1.29, 1.82) is 0 Å². The monoisotopic (exact) mass is 351 g/mol. The molecule has 24 heavy (non-hydrogen) atoms. The van der Waals surface area contributed by atoms with Gasteiger partial charge in [0.1, 0.15) is 6.04 Å². The molecule has 0 fully saturated rings. The predicted octanol–water partition coefficient (Wildman–Crippen LogP) is 2.99. The number of likely N-dealkylation sites (N-methyl/N-ethyl adjacent to an activating group) is 1. The normalized spacial score (nSPS) is 12.2. The van der Waals surface area contributed by atoms with Crippen molar-refractivity contribution in [2.45, 2.75) is 109 Å². The zero-order chi connectivity index (χ0) is 17.3. The molecule has 0 amide bonds. The van der Waals surface area contributed by atoms with Crippen LogP contribution in [0.2, 0.25) is 0 Å². The number of unbranched alkanes of at least 4 members (excludes halogenated alkanes) is 13. The molecule has 0 radical (unpaired) electrons. The molecule has 0 bridgehead atoms. The maximum atomic E-state index is 11.1. The zero-order valence-corrected chi connectivity index (χ0v) is 19.0. The molecular weight excluding hydrogens is 309 g/mol. The van der Waals surface area contributed by atoms with Gasteiger partial charge in [0.2, 0.25) is 0 Å². The molecule has 0 saturated carbocycles. The van der Waals surface area contributed by atoms with Gasteiger partial charge in [0.15, 0.2) is 0 Å². The molecule has 0 rings (SSSR count). The fraction of sp³-hybridized carbons (Fsp3) is 0.950. The Morgan fingerprint density at radius 3 is 1.42 bits per heavy atom. The van der Waals surface area contributed by atoms with Crippen molar-refractivity contribution < 1.29 is 40.9 Å². The molecule has 0 aliphatic carbocycles. The van der Waals surface area contributed by atoms with Crippen LogP contribution in [0.3, 0.4) is 0 Å². The smallest absolute Gasteiger partial charge is 1.00 e. The van der Waals surface area contributed by atoms with Crippen LogP contribution in [0.15, 0.2) is 0 Å². The van der Waals surface area contributed by atoms with E-state index in [-0.39, 0.29) is 37.0 Å². The Labute approximate surface area is 174 Å². The summed E-state index contributed by atoms with van der Waals surface area (Å²) in [7, 11) is 3.70. The van der Waals surface area contributed by atoms with Crippen LogP contribution in [0, 0.1) is 0 Å². The molecule has 1 unspecified atom stereocenters. The average molecular weight is 352 g/mol. The average Bonchev–Trinajstić information content (AvgIpc) is 2.50. The first kappa shape index (κ1) is 26.7. The Bertz CT molecular complexity index is 278. The van der Waals surface area contributed by atoms with Crippen molar-refractivity contribution in [3.8, 4) is 0 Å². The van der Waals surface area contributed by atoms with E-state index in [1.165, 1.54) is 83.5 Å². The summed E-state index contributed by atoms with van der Waals surface area (Å²) in [5.41, 5.74) is 0. The third-order valence-electron chi connectivity index (χ3n) is 4.74. The van der Waals surface area contributed by atoms with E-state index in [4.69, 9.17) is 5.11 Å². The molecule has 0 heterocycles. The van der Waals surface area contributed by atoms with Crippen LogP contribution in [-0.4, -0.2) is 36.1 Å². The largest absolute Gasteiger partial charge is 1.00 e. The van der Waals surface area contributed by atoms with Crippen molar-refractivity contribution in [3.05, 3.63) is 0 Å². The van der Waals surface area contributed by atoms with Crippen molar-refractivity contribution in [1.82, 2.24) is 4.90 Å². The Hall–Kier alpha value is 0.430. The molecule has 140 valence electrons. The summed E-state index contributed by atoms with van der Waals surface area (Å²) < 4.78 is 0. The molecule has 0 aliphatic rings. The van der Waals surface area contributed by atoms with Crippen LogP contribution in [0.4, 0.5) is 0 Å². The van der Waals surface area contributed by atoms with Gasteiger partial charge in [-0.25, -0.2) is 0 Å². The van der Waals surface area contributed by atoms with Crippen molar-refractivity contribution >= 4 is 5.97 Å². The van der Waals surface area contributed by atoms with Gasteiger partial charge in [-0.2, -0.15) is 0 Å². The van der Waals surface area contributed by atoms with E-state index in [0.29, 0.717) is 0 Å². The van der Waals surface area contributed by atoms with Gasteiger partial charge in [0.05, 0.1) is 0 Å². The quantitative estimate of drug-likeness (QED) is 0.323. The number of aliphatic carboxylic acids is 1. The van der Waals surface area contributed by atoms with Crippen LogP contribution >= 0.6 is 0 Å². The fourth-order valence-electron chi connectivity index (χ4n) is 3.13. The van der Waals surface area contributed by atoms with Crippen molar-refractivity contribution in [3.63, 3.8) is 0 Å². The number of hydrogen-bond donors (Lipinski definition) is 1. The second kappa shape index (κ2) is 19.8. The van der Waals surface area contributed by atoms with Crippen LogP contribution in [0.5, 0.6) is 0 Å². The maximum absolute atomic E-state index is 11.1. The van der Waals surface area contributed by atoms with E-state index >= 15 is 0 Å². The molecule has 0 spiro atoms. The third-order valence-corrected chi connectivity index (χ3v) is 4.74. The second-order valence-corrected chi connectivity index (χ2v) is 7.20. The van der Waals surface area contributed by atoms with E-state index in [1.807, 2.05) is 19.0 Å². The van der Waals surface area contributed by atoms with Gasteiger partial charge in [-0.3, -0.25) is 9.69 Å². The first-order valence-corrected chi connectivity index (χ1v) is 9.98.